The molecule has 10 nitrogen and oxygen atoms in total. The van der Waals surface area contributed by atoms with Gasteiger partial charge < -0.3 is 39.4 Å². The summed E-state index contributed by atoms with van der Waals surface area (Å²) in [6, 6.07) is -0.111. The summed E-state index contributed by atoms with van der Waals surface area (Å²) in [7, 11) is -7.82. The third-order valence-corrected chi connectivity index (χ3v) is 4.93. The van der Waals surface area contributed by atoms with Gasteiger partial charge in [-0.2, -0.15) is 25.3 Å². The molecule has 0 aromatic carbocycles. The van der Waals surface area contributed by atoms with Crippen LogP contribution in [0.15, 0.2) is 0 Å². The quantitative estimate of drug-likeness (QED) is 0.0794. The van der Waals surface area contributed by atoms with E-state index in [0.717, 1.165) is 0 Å². The van der Waals surface area contributed by atoms with E-state index in [1.165, 1.54) is 0 Å². The van der Waals surface area contributed by atoms with Gasteiger partial charge >= 0.3 is 17.6 Å². The number of carbonyl (C=O) groups excluding carboxylic acids is 2. The van der Waals surface area contributed by atoms with Crippen molar-refractivity contribution in [3.8, 4) is 0 Å². The van der Waals surface area contributed by atoms with Gasteiger partial charge in [0.15, 0.2) is 0 Å². The molecule has 25 heavy (non-hydrogen) atoms. The van der Waals surface area contributed by atoms with Crippen LogP contribution in [0.4, 0.5) is 0 Å². The third-order valence-electron chi connectivity index (χ3n) is 2.31. The van der Waals surface area contributed by atoms with Crippen LogP contribution in [0.3, 0.4) is 0 Å². The van der Waals surface area contributed by atoms with Gasteiger partial charge in [0.25, 0.3) is 0 Å². The monoisotopic (exact) mass is 528 g/mol. The van der Waals surface area contributed by atoms with Crippen LogP contribution in [0, 0.1) is 0 Å². The Bertz CT molecular complexity index is 338. The summed E-state index contributed by atoms with van der Waals surface area (Å²) in [5.74, 6) is -0.196. The summed E-state index contributed by atoms with van der Waals surface area (Å²) < 4.78 is 0. The van der Waals surface area contributed by atoms with Crippen molar-refractivity contribution in [3.63, 3.8) is 0 Å². The zero-order valence-corrected chi connectivity index (χ0v) is 18.7. The van der Waals surface area contributed by atoms with Crippen molar-refractivity contribution in [2.24, 2.45) is 0 Å². The molecule has 15 heteroatoms. The molecule has 0 rings (SSSR count). The van der Waals surface area contributed by atoms with E-state index in [1.807, 2.05) is 0 Å². The minimum absolute atomic E-state index is 0. The predicted octanol–water partition coefficient (Wildman–Crippen LogP) is -3.33. The standard InChI is InChI=1S/2C5H13NO4SSi.Pd/c2*7-5(4-11)6-2-1-3-12(8,9)10;/h2*8-11H,1-4H2,(H,6,7);. The SMILES string of the molecule is O=C(CS)NCCC[Si](O)(O)O.O=C(CS)NCCC[Si](O)(O)O.[Pd]. The molecule has 0 aliphatic carbocycles. The van der Waals surface area contributed by atoms with Crippen LogP contribution < -0.4 is 10.6 Å². The molecule has 154 valence electrons. The summed E-state index contributed by atoms with van der Waals surface area (Å²) in [5.41, 5.74) is 0. The van der Waals surface area contributed by atoms with Crippen LogP contribution in [0.2, 0.25) is 12.1 Å². The average Bonchev–Trinajstić information content (AvgIpc) is 2.46. The van der Waals surface area contributed by atoms with Gasteiger partial charge in [0.2, 0.25) is 11.8 Å². The van der Waals surface area contributed by atoms with E-state index in [-0.39, 0.29) is 55.8 Å². The molecule has 0 saturated carbocycles. The number of nitrogens with one attached hydrogen (secondary N) is 2. The van der Waals surface area contributed by atoms with Crippen molar-refractivity contribution in [2.75, 3.05) is 24.6 Å². The van der Waals surface area contributed by atoms with Crippen LogP contribution in [0.1, 0.15) is 12.8 Å². The summed E-state index contributed by atoms with van der Waals surface area (Å²) >= 11 is 7.45. The second-order valence-electron chi connectivity index (χ2n) is 4.77. The Kier molecular flexibility index (Phi) is 20.1. The van der Waals surface area contributed by atoms with Gasteiger partial charge in [0.1, 0.15) is 0 Å². The fourth-order valence-corrected chi connectivity index (χ4v) is 2.74. The molecular formula is C10H26N2O8PdS2Si2. The van der Waals surface area contributed by atoms with Gasteiger partial charge in [-0.05, 0) is 12.8 Å². The first-order chi connectivity index (χ1) is 10.9. The predicted molar refractivity (Wildman–Crippen MR) is 97.4 cm³/mol. The fraction of sp³-hybridized carbons (Fsp3) is 0.800. The Labute approximate surface area is 173 Å². The molecule has 8 N–H and O–H groups in total. The first kappa shape index (κ1) is 30.2. The maximum atomic E-state index is 10.6. The minimum atomic E-state index is -3.91. The van der Waals surface area contributed by atoms with Crippen molar-refractivity contribution in [1.82, 2.24) is 10.6 Å². The summed E-state index contributed by atoms with van der Waals surface area (Å²) in [4.78, 5) is 72.5. The Hall–Kier alpha value is 0.496. The largest absolute Gasteiger partial charge is 0.492 e. The summed E-state index contributed by atoms with van der Waals surface area (Å²) in [5, 5.41) is 4.96. The Morgan fingerprint density at radius 1 is 0.720 bits per heavy atom. The van der Waals surface area contributed by atoms with Crippen LogP contribution in [-0.2, 0) is 30.0 Å². The summed E-state index contributed by atoms with van der Waals surface area (Å²) in [6.45, 7) is 0.658. The van der Waals surface area contributed by atoms with E-state index >= 15 is 0 Å². The molecule has 0 unspecified atom stereocenters. The molecule has 0 aromatic rings. The molecule has 0 bridgehead atoms. The smallest absolute Gasteiger partial charge is 0.390 e. The fourth-order valence-electron chi connectivity index (χ4n) is 1.22. The third kappa shape index (κ3) is 29.5. The molecular weight excluding hydrogens is 503 g/mol. The normalized spacial score (nSPS) is 10.9. The second-order valence-corrected chi connectivity index (χ2v) is 9.50. The molecule has 0 heterocycles. The van der Waals surface area contributed by atoms with E-state index in [9.17, 15) is 9.59 Å². The van der Waals surface area contributed by atoms with Crippen LogP contribution in [0.25, 0.3) is 0 Å². The number of carbonyl (C=O) groups is 2. The van der Waals surface area contributed by atoms with Gasteiger partial charge in [0.05, 0.1) is 11.5 Å². The van der Waals surface area contributed by atoms with Crippen molar-refractivity contribution >= 4 is 54.7 Å². The van der Waals surface area contributed by atoms with Crippen molar-refractivity contribution < 1.29 is 58.8 Å². The first-order valence-corrected chi connectivity index (χ1v) is 12.4. The summed E-state index contributed by atoms with van der Waals surface area (Å²) in [6.07, 6.45) is 0.713. The molecule has 0 aromatic heterocycles. The minimum Gasteiger partial charge on any atom is -0.390 e. The maximum absolute atomic E-state index is 10.6. The van der Waals surface area contributed by atoms with E-state index in [0.29, 0.717) is 25.9 Å². The van der Waals surface area contributed by atoms with Gasteiger partial charge in [0, 0.05) is 45.6 Å². The Morgan fingerprint density at radius 2 is 1.00 bits per heavy atom. The van der Waals surface area contributed by atoms with Crippen molar-refractivity contribution in [3.05, 3.63) is 0 Å². The number of thiol groups is 2. The molecule has 0 fully saturated rings. The van der Waals surface area contributed by atoms with Gasteiger partial charge in [-0.25, -0.2) is 0 Å². The maximum Gasteiger partial charge on any atom is 0.492 e. The zero-order valence-electron chi connectivity index (χ0n) is 13.4. The molecule has 0 atom stereocenters. The first-order valence-electron chi connectivity index (χ1n) is 7.00. The van der Waals surface area contributed by atoms with Crippen LogP contribution in [0.5, 0.6) is 0 Å². The van der Waals surface area contributed by atoms with Gasteiger partial charge in [-0.3, -0.25) is 9.59 Å². The Morgan fingerprint density at radius 3 is 1.20 bits per heavy atom. The number of amides is 2. The number of hydrogen-bond donors (Lipinski definition) is 10. The topological polar surface area (TPSA) is 180 Å². The van der Waals surface area contributed by atoms with Gasteiger partial charge in [-0.15, -0.1) is 0 Å². The number of hydrogen-bond acceptors (Lipinski definition) is 10. The van der Waals surface area contributed by atoms with Gasteiger partial charge in [-0.1, -0.05) is 0 Å². The zero-order chi connectivity index (χ0) is 19.2. The molecule has 0 aliphatic rings. The van der Waals surface area contributed by atoms with Crippen LogP contribution in [-0.4, -0.2) is 82.8 Å². The molecule has 0 spiro atoms. The average molecular weight is 529 g/mol. The van der Waals surface area contributed by atoms with Crippen molar-refractivity contribution in [1.29, 1.82) is 0 Å². The molecule has 0 saturated heterocycles. The Balaban J connectivity index is -0.000000372. The van der Waals surface area contributed by atoms with E-state index < -0.39 is 17.6 Å². The van der Waals surface area contributed by atoms with Crippen molar-refractivity contribution in [2.45, 2.75) is 24.9 Å². The second kappa shape index (κ2) is 16.7. The van der Waals surface area contributed by atoms with E-state index in [2.05, 4.69) is 35.9 Å². The number of rotatable bonds is 10. The molecule has 0 aliphatic heterocycles. The van der Waals surface area contributed by atoms with E-state index in [4.69, 9.17) is 28.8 Å². The van der Waals surface area contributed by atoms with E-state index in [1.54, 1.807) is 0 Å². The molecule has 2 amide bonds. The molecule has 0 radical (unpaired) electrons. The van der Waals surface area contributed by atoms with Crippen LogP contribution >= 0.6 is 25.3 Å².